The zero-order valence-corrected chi connectivity index (χ0v) is 16.1. The second-order valence-electron chi connectivity index (χ2n) is 5.93. The summed E-state index contributed by atoms with van der Waals surface area (Å²) < 4.78 is 2.23. The molecule has 3 heteroatoms. The summed E-state index contributed by atoms with van der Waals surface area (Å²) in [5.41, 5.74) is 4.86. The van der Waals surface area contributed by atoms with Crippen molar-refractivity contribution in [2.45, 2.75) is 39.0 Å². The van der Waals surface area contributed by atoms with Gasteiger partial charge in [-0.25, -0.2) is 0 Å². The van der Waals surface area contributed by atoms with Gasteiger partial charge in [-0.2, -0.15) is 0 Å². The van der Waals surface area contributed by atoms with Crippen LogP contribution in [0.2, 0.25) is 0 Å². The summed E-state index contributed by atoms with van der Waals surface area (Å²) >= 11 is 1.72. The third kappa shape index (κ3) is 4.35. The predicted octanol–water partition coefficient (Wildman–Crippen LogP) is 6.28. The van der Waals surface area contributed by atoms with Crippen LogP contribution in [0.3, 0.4) is 0 Å². The molecular weight excluding hydrogens is 312 g/mol. The molecule has 0 unspecified atom stereocenters. The van der Waals surface area contributed by atoms with Crippen molar-refractivity contribution in [1.82, 2.24) is 0 Å². The number of anilines is 2. The molecule has 0 saturated heterocycles. The second-order valence-corrected chi connectivity index (χ2v) is 6.95. The molecule has 0 fully saturated rings. The highest BCUT2D eigenvalue weighted by atomic mass is 32.2. The molecule has 0 aliphatic rings. The Morgan fingerprint density at radius 1 is 1.00 bits per heavy atom. The van der Waals surface area contributed by atoms with Crippen molar-refractivity contribution >= 4 is 23.3 Å². The largest absolute Gasteiger partial charge is 0.372 e. The number of allylic oxidation sites excluding steroid dienone is 1. The quantitative estimate of drug-likeness (QED) is 0.522. The minimum atomic E-state index is 1.02. The van der Waals surface area contributed by atoms with Crippen molar-refractivity contribution in [2.24, 2.45) is 0 Å². The zero-order chi connectivity index (χ0) is 17.5. The molecule has 0 atom stereocenters. The fraction of sp³-hybridized carbons (Fsp3) is 0.333. The topological polar surface area (TPSA) is 6.48 Å². The van der Waals surface area contributed by atoms with E-state index in [1.54, 1.807) is 11.9 Å². The van der Waals surface area contributed by atoms with Crippen LogP contribution in [-0.2, 0) is 0 Å². The number of hydrogen-bond acceptors (Lipinski definition) is 3. The van der Waals surface area contributed by atoms with Gasteiger partial charge in [0, 0.05) is 29.4 Å². The van der Waals surface area contributed by atoms with E-state index in [0.717, 1.165) is 25.2 Å². The molecule has 0 bridgehead atoms. The van der Waals surface area contributed by atoms with Crippen LogP contribution in [0.1, 0.15) is 32.8 Å². The molecule has 0 radical (unpaired) electrons. The van der Waals surface area contributed by atoms with Crippen LogP contribution in [0.4, 0.5) is 11.4 Å². The summed E-state index contributed by atoms with van der Waals surface area (Å²) in [6.45, 7) is 15.0. The zero-order valence-electron chi connectivity index (χ0n) is 15.2. The Bertz CT molecular complexity index is 667. The normalized spacial score (nSPS) is 10.5. The average Bonchev–Trinajstić information content (AvgIpc) is 2.59. The van der Waals surface area contributed by atoms with E-state index in [1.807, 2.05) is 6.07 Å². The van der Waals surface area contributed by atoms with Gasteiger partial charge in [-0.3, -0.25) is 4.31 Å². The van der Waals surface area contributed by atoms with Crippen LogP contribution < -0.4 is 9.21 Å². The van der Waals surface area contributed by atoms with Crippen molar-refractivity contribution < 1.29 is 0 Å². The summed E-state index contributed by atoms with van der Waals surface area (Å²) in [5.74, 6) is 0. The maximum atomic E-state index is 4.19. The highest BCUT2D eigenvalue weighted by Crippen LogP contribution is 2.37. The minimum Gasteiger partial charge on any atom is -0.372 e. The van der Waals surface area contributed by atoms with Crippen LogP contribution in [0.5, 0.6) is 0 Å². The number of nitrogens with zero attached hydrogens (tertiary/aromatic N) is 2. The Balaban J connectivity index is 2.38. The minimum absolute atomic E-state index is 1.02. The first-order valence-electron chi connectivity index (χ1n) is 8.61. The van der Waals surface area contributed by atoms with Gasteiger partial charge in [-0.05, 0) is 69.0 Å². The molecule has 2 aromatic carbocycles. The molecular formula is C21H28N2S. The van der Waals surface area contributed by atoms with E-state index in [4.69, 9.17) is 0 Å². The van der Waals surface area contributed by atoms with Gasteiger partial charge in [0.05, 0.1) is 5.69 Å². The van der Waals surface area contributed by atoms with Gasteiger partial charge < -0.3 is 4.90 Å². The summed E-state index contributed by atoms with van der Waals surface area (Å²) in [4.78, 5) is 3.66. The molecule has 0 saturated carbocycles. The number of benzene rings is 2. The molecule has 2 nitrogen and oxygen atoms in total. The summed E-state index contributed by atoms with van der Waals surface area (Å²) in [6.07, 6.45) is 1.15. The molecule has 128 valence electrons. The van der Waals surface area contributed by atoms with E-state index in [0.29, 0.717) is 0 Å². The Morgan fingerprint density at radius 2 is 1.67 bits per heavy atom. The van der Waals surface area contributed by atoms with Crippen molar-refractivity contribution in [3.63, 3.8) is 0 Å². The van der Waals surface area contributed by atoms with E-state index in [1.165, 1.54) is 21.8 Å². The van der Waals surface area contributed by atoms with Gasteiger partial charge in [0.1, 0.15) is 0 Å². The highest BCUT2D eigenvalue weighted by molar-refractivity contribution is 8.00. The van der Waals surface area contributed by atoms with Gasteiger partial charge in [0.25, 0.3) is 0 Å². The third-order valence-corrected chi connectivity index (χ3v) is 5.17. The molecule has 2 rings (SSSR count). The fourth-order valence-corrected chi connectivity index (χ4v) is 3.75. The predicted molar refractivity (Wildman–Crippen MR) is 109 cm³/mol. The van der Waals surface area contributed by atoms with E-state index < -0.39 is 0 Å². The van der Waals surface area contributed by atoms with E-state index in [-0.39, 0.29) is 0 Å². The maximum Gasteiger partial charge on any atom is 0.0574 e. The maximum absolute atomic E-state index is 4.19. The lowest BCUT2D eigenvalue weighted by Gasteiger charge is -2.30. The lowest BCUT2D eigenvalue weighted by molar-refractivity contribution is 0.789. The molecule has 0 N–H and O–H groups in total. The summed E-state index contributed by atoms with van der Waals surface area (Å²) in [6, 6.07) is 17.0. The molecule has 2 aromatic rings. The molecule has 0 aliphatic carbocycles. The van der Waals surface area contributed by atoms with E-state index in [9.17, 15) is 0 Å². The molecule has 0 aliphatic heterocycles. The van der Waals surface area contributed by atoms with Gasteiger partial charge in [-0.1, -0.05) is 37.8 Å². The van der Waals surface area contributed by atoms with Gasteiger partial charge in [0.15, 0.2) is 0 Å². The van der Waals surface area contributed by atoms with Gasteiger partial charge in [-0.15, -0.1) is 0 Å². The third-order valence-electron chi connectivity index (χ3n) is 4.00. The first-order valence-corrected chi connectivity index (χ1v) is 9.39. The van der Waals surface area contributed by atoms with Crippen LogP contribution in [0.15, 0.2) is 65.7 Å². The molecule has 0 heterocycles. The fourth-order valence-electron chi connectivity index (χ4n) is 2.81. The van der Waals surface area contributed by atoms with E-state index in [2.05, 4.69) is 85.9 Å². The monoisotopic (exact) mass is 340 g/mol. The average molecular weight is 341 g/mol. The second kappa shape index (κ2) is 8.84. The van der Waals surface area contributed by atoms with Crippen molar-refractivity contribution in [3.05, 3.63) is 66.4 Å². The Hall–Kier alpha value is -1.87. The highest BCUT2D eigenvalue weighted by Gasteiger charge is 2.16. The lowest BCUT2D eigenvalue weighted by atomic mass is 10.1. The Kier molecular flexibility index (Phi) is 6.80. The van der Waals surface area contributed by atoms with Crippen molar-refractivity contribution in [1.29, 1.82) is 0 Å². The first-order chi connectivity index (χ1) is 11.6. The molecule has 24 heavy (non-hydrogen) atoms. The molecule has 0 aromatic heterocycles. The SMILES string of the molecule is C=C(C)N(Sc1ccccc1)c1cccc(N(CC)CCC)c1C. The molecule has 0 spiro atoms. The van der Waals surface area contributed by atoms with E-state index >= 15 is 0 Å². The number of rotatable bonds is 8. The Morgan fingerprint density at radius 3 is 2.25 bits per heavy atom. The summed E-state index contributed by atoms with van der Waals surface area (Å²) in [5, 5.41) is 0. The number of hydrogen-bond donors (Lipinski definition) is 0. The van der Waals surface area contributed by atoms with Crippen LogP contribution >= 0.6 is 11.9 Å². The Labute approximate surface area is 151 Å². The molecule has 0 amide bonds. The van der Waals surface area contributed by atoms with Crippen LogP contribution in [0.25, 0.3) is 0 Å². The standard InChI is InChI=1S/C21H28N2S/c1-6-16-22(7-2)20-14-11-15-21(18(20)5)23(17(3)4)24-19-12-9-8-10-13-19/h8-15H,3,6-7,16H2,1-2,4-5H3. The van der Waals surface area contributed by atoms with Crippen molar-refractivity contribution in [3.8, 4) is 0 Å². The van der Waals surface area contributed by atoms with Crippen LogP contribution in [-0.4, -0.2) is 13.1 Å². The van der Waals surface area contributed by atoms with Gasteiger partial charge >= 0.3 is 0 Å². The lowest BCUT2D eigenvalue weighted by Crippen LogP contribution is -2.25. The van der Waals surface area contributed by atoms with Gasteiger partial charge in [0.2, 0.25) is 0 Å². The summed E-state index contributed by atoms with van der Waals surface area (Å²) in [7, 11) is 0. The van der Waals surface area contributed by atoms with Crippen LogP contribution in [0, 0.1) is 6.92 Å². The smallest absolute Gasteiger partial charge is 0.0574 e. The van der Waals surface area contributed by atoms with Crippen molar-refractivity contribution in [2.75, 3.05) is 22.3 Å². The first kappa shape index (κ1) is 18.5.